The number of rotatable bonds is 2. The van der Waals surface area contributed by atoms with Crippen molar-refractivity contribution in [3.63, 3.8) is 0 Å². The van der Waals surface area contributed by atoms with Gasteiger partial charge in [-0.2, -0.15) is 0 Å². The third kappa shape index (κ3) is 4.15. The Kier molecular flexibility index (Phi) is 5.37. The van der Waals surface area contributed by atoms with E-state index >= 15 is 0 Å². The van der Waals surface area contributed by atoms with Crippen LogP contribution in [0, 0.1) is 5.82 Å². The Hall–Kier alpha value is -0.690. The van der Waals surface area contributed by atoms with Crippen molar-refractivity contribution in [2.24, 2.45) is 0 Å². The van der Waals surface area contributed by atoms with Crippen molar-refractivity contribution >= 4 is 72.2 Å². The number of benzene rings is 2. The van der Waals surface area contributed by atoms with Crippen LogP contribution in [0.5, 0.6) is 0 Å². The number of nitrogens with one attached hydrogen (secondary N) is 2. The van der Waals surface area contributed by atoms with Crippen LogP contribution in [-0.4, -0.2) is 5.11 Å². The highest BCUT2D eigenvalue weighted by molar-refractivity contribution is 9.11. The Balaban J connectivity index is 2.07. The number of anilines is 2. The lowest BCUT2D eigenvalue weighted by molar-refractivity contribution is 0.628. The molecule has 0 saturated heterocycles. The number of hydrogen-bond donors (Lipinski definition) is 2. The molecular formula is C13H8Br2ClFN2S. The molecule has 2 rings (SSSR count). The fourth-order valence-electron chi connectivity index (χ4n) is 1.45. The van der Waals surface area contributed by atoms with E-state index in [2.05, 4.69) is 42.5 Å². The third-order valence-electron chi connectivity index (χ3n) is 2.36. The number of halogens is 4. The van der Waals surface area contributed by atoms with Gasteiger partial charge in [0, 0.05) is 14.6 Å². The molecule has 2 aromatic carbocycles. The highest BCUT2D eigenvalue weighted by Gasteiger charge is 2.05. The third-order valence-corrected chi connectivity index (χ3v) is 4.00. The number of hydrogen-bond acceptors (Lipinski definition) is 1. The second kappa shape index (κ2) is 6.85. The van der Waals surface area contributed by atoms with Gasteiger partial charge < -0.3 is 10.6 Å². The van der Waals surface area contributed by atoms with Gasteiger partial charge in [-0.15, -0.1) is 0 Å². The van der Waals surface area contributed by atoms with E-state index in [0.717, 1.165) is 14.6 Å². The zero-order valence-electron chi connectivity index (χ0n) is 9.88. The lowest BCUT2D eigenvalue weighted by Crippen LogP contribution is -2.19. The highest BCUT2D eigenvalue weighted by atomic mass is 79.9. The van der Waals surface area contributed by atoms with E-state index in [4.69, 9.17) is 23.8 Å². The first-order chi connectivity index (χ1) is 9.45. The van der Waals surface area contributed by atoms with Crippen LogP contribution in [0.2, 0.25) is 5.02 Å². The summed E-state index contributed by atoms with van der Waals surface area (Å²) in [5.74, 6) is -0.466. The quantitative estimate of drug-likeness (QED) is 0.579. The molecule has 0 fully saturated rings. The van der Waals surface area contributed by atoms with Crippen LogP contribution in [0.4, 0.5) is 15.8 Å². The second-order valence-corrected chi connectivity index (χ2v) is 6.42. The maximum Gasteiger partial charge on any atom is 0.175 e. The Morgan fingerprint density at radius 3 is 2.50 bits per heavy atom. The lowest BCUT2D eigenvalue weighted by atomic mass is 10.3. The van der Waals surface area contributed by atoms with Gasteiger partial charge in [0.05, 0.1) is 10.7 Å². The summed E-state index contributed by atoms with van der Waals surface area (Å²) in [6.45, 7) is 0. The van der Waals surface area contributed by atoms with Crippen molar-refractivity contribution in [2.45, 2.75) is 0 Å². The van der Waals surface area contributed by atoms with E-state index in [-0.39, 0.29) is 5.02 Å². The van der Waals surface area contributed by atoms with E-state index in [1.54, 1.807) is 6.07 Å². The van der Waals surface area contributed by atoms with Crippen molar-refractivity contribution in [3.8, 4) is 0 Å². The lowest BCUT2D eigenvalue weighted by Gasteiger charge is -2.12. The fourth-order valence-corrected chi connectivity index (χ4v) is 3.00. The zero-order chi connectivity index (χ0) is 14.7. The molecule has 0 atom stereocenters. The molecule has 104 valence electrons. The molecule has 0 radical (unpaired) electrons. The van der Waals surface area contributed by atoms with E-state index in [0.29, 0.717) is 10.8 Å². The molecule has 0 heterocycles. The van der Waals surface area contributed by atoms with Gasteiger partial charge in [-0.05, 0) is 64.5 Å². The first-order valence-electron chi connectivity index (χ1n) is 5.44. The SMILES string of the molecule is Fc1ccc(NC(=S)Nc2ccc(Br)cc2Br)cc1Cl. The first-order valence-corrected chi connectivity index (χ1v) is 7.81. The minimum absolute atomic E-state index is 0.0441. The van der Waals surface area contributed by atoms with Crippen LogP contribution >= 0.6 is 55.7 Å². The Morgan fingerprint density at radius 2 is 1.85 bits per heavy atom. The molecule has 0 saturated carbocycles. The van der Waals surface area contributed by atoms with Crippen LogP contribution in [-0.2, 0) is 0 Å². The Morgan fingerprint density at radius 1 is 1.10 bits per heavy atom. The van der Waals surface area contributed by atoms with Crippen molar-refractivity contribution in [2.75, 3.05) is 10.6 Å². The van der Waals surface area contributed by atoms with Gasteiger partial charge in [0.1, 0.15) is 5.82 Å². The maximum absolute atomic E-state index is 13.1. The molecule has 20 heavy (non-hydrogen) atoms. The average molecular weight is 439 g/mol. The summed E-state index contributed by atoms with van der Waals surface area (Å²) < 4.78 is 14.9. The standard InChI is InChI=1S/C13H8Br2ClFN2S/c14-7-1-4-12(9(15)5-7)19-13(20)18-8-2-3-11(17)10(16)6-8/h1-6H,(H2,18,19,20). The molecule has 2 nitrogen and oxygen atoms in total. The second-order valence-electron chi connectivity index (χ2n) is 3.83. The predicted octanol–water partition coefficient (Wildman–Crippen LogP) is 5.81. The summed E-state index contributed by atoms with van der Waals surface area (Å²) in [5.41, 5.74) is 1.43. The summed E-state index contributed by atoms with van der Waals surface area (Å²) >= 11 is 17.7. The van der Waals surface area contributed by atoms with Gasteiger partial charge >= 0.3 is 0 Å². The normalized spacial score (nSPS) is 10.2. The summed E-state index contributed by atoms with van der Waals surface area (Å²) in [6, 6.07) is 9.99. The minimum atomic E-state index is -0.466. The summed E-state index contributed by atoms with van der Waals surface area (Å²) in [6.07, 6.45) is 0. The van der Waals surface area contributed by atoms with Gasteiger partial charge in [0.2, 0.25) is 0 Å². The van der Waals surface area contributed by atoms with E-state index in [1.165, 1.54) is 12.1 Å². The van der Waals surface area contributed by atoms with Gasteiger partial charge in [0.15, 0.2) is 5.11 Å². The number of thiocarbonyl (C=S) groups is 1. The predicted molar refractivity (Wildman–Crippen MR) is 93.1 cm³/mol. The molecule has 0 amide bonds. The average Bonchev–Trinajstić information content (AvgIpc) is 2.37. The molecule has 7 heteroatoms. The molecule has 0 unspecified atom stereocenters. The monoisotopic (exact) mass is 436 g/mol. The first kappa shape index (κ1) is 15.7. The molecule has 0 aromatic heterocycles. The van der Waals surface area contributed by atoms with Crippen molar-refractivity contribution in [1.82, 2.24) is 0 Å². The van der Waals surface area contributed by atoms with Crippen LogP contribution in [0.3, 0.4) is 0 Å². The fraction of sp³-hybridized carbons (Fsp3) is 0. The van der Waals surface area contributed by atoms with Gasteiger partial charge in [-0.3, -0.25) is 0 Å². The molecule has 0 spiro atoms. The molecule has 0 aliphatic carbocycles. The molecule has 0 bridgehead atoms. The van der Waals surface area contributed by atoms with E-state index in [1.807, 2.05) is 18.2 Å². The van der Waals surface area contributed by atoms with Crippen molar-refractivity contribution < 1.29 is 4.39 Å². The van der Waals surface area contributed by atoms with Crippen LogP contribution < -0.4 is 10.6 Å². The van der Waals surface area contributed by atoms with E-state index < -0.39 is 5.82 Å². The van der Waals surface area contributed by atoms with Gasteiger partial charge in [-0.25, -0.2) is 4.39 Å². The summed E-state index contributed by atoms with van der Waals surface area (Å²) in [5, 5.41) is 6.40. The largest absolute Gasteiger partial charge is 0.332 e. The van der Waals surface area contributed by atoms with Crippen LogP contribution in [0.1, 0.15) is 0 Å². The summed E-state index contributed by atoms with van der Waals surface area (Å²) in [4.78, 5) is 0. The molecule has 0 aliphatic rings. The maximum atomic E-state index is 13.1. The smallest absolute Gasteiger partial charge is 0.175 e. The van der Waals surface area contributed by atoms with E-state index in [9.17, 15) is 4.39 Å². The Bertz CT molecular complexity index is 667. The molecule has 0 aliphatic heterocycles. The highest BCUT2D eigenvalue weighted by Crippen LogP contribution is 2.26. The topological polar surface area (TPSA) is 24.1 Å². The Labute approximate surface area is 143 Å². The van der Waals surface area contributed by atoms with Crippen molar-refractivity contribution in [1.29, 1.82) is 0 Å². The molecule has 2 aromatic rings. The van der Waals surface area contributed by atoms with Crippen LogP contribution in [0.25, 0.3) is 0 Å². The van der Waals surface area contributed by atoms with Crippen molar-refractivity contribution in [3.05, 3.63) is 56.2 Å². The van der Waals surface area contributed by atoms with Gasteiger partial charge in [-0.1, -0.05) is 27.5 Å². The summed E-state index contributed by atoms with van der Waals surface area (Å²) in [7, 11) is 0. The molecule has 2 N–H and O–H groups in total. The zero-order valence-corrected chi connectivity index (χ0v) is 14.6. The molecular weight excluding hydrogens is 430 g/mol. The van der Waals surface area contributed by atoms with Gasteiger partial charge in [0.25, 0.3) is 0 Å². The van der Waals surface area contributed by atoms with Crippen LogP contribution in [0.15, 0.2) is 45.3 Å². The minimum Gasteiger partial charge on any atom is -0.332 e.